The molecule has 4 nitrogen and oxygen atoms in total. The van der Waals surface area contributed by atoms with E-state index in [2.05, 4.69) is 5.32 Å². The van der Waals surface area contributed by atoms with Crippen molar-refractivity contribution in [1.29, 1.82) is 0 Å². The van der Waals surface area contributed by atoms with Gasteiger partial charge in [-0.3, -0.25) is 4.79 Å². The zero-order chi connectivity index (χ0) is 17.1. The molecule has 1 aliphatic rings. The molecule has 0 radical (unpaired) electrons. The Hall–Kier alpha value is -2.33. The topological polar surface area (TPSA) is 58.6 Å². The fraction of sp³-hybridized carbons (Fsp3) is 0.350. The molecule has 4 heteroatoms. The molecule has 0 aromatic heterocycles. The largest absolute Gasteiger partial charge is 0.457 e. The number of aliphatic hydroxyl groups excluding tert-OH is 1. The maximum atomic E-state index is 12.9. The van der Waals surface area contributed by atoms with E-state index in [0.717, 1.165) is 22.6 Å². The molecule has 0 aliphatic carbocycles. The average molecular weight is 325 g/mol. The Bertz CT molecular complexity index is 681. The highest BCUT2D eigenvalue weighted by Crippen LogP contribution is 2.43. The highest BCUT2D eigenvalue weighted by Gasteiger charge is 2.32. The first-order chi connectivity index (χ1) is 11.6. The number of rotatable bonds is 5. The molecule has 1 aliphatic heterocycles. The van der Waals surface area contributed by atoms with Crippen LogP contribution in [-0.2, 0) is 4.79 Å². The molecule has 0 spiro atoms. The number of hydrogen-bond donors (Lipinski definition) is 2. The van der Waals surface area contributed by atoms with Gasteiger partial charge in [-0.05, 0) is 31.4 Å². The molecular weight excluding hydrogens is 302 g/mol. The molecule has 1 amide bonds. The summed E-state index contributed by atoms with van der Waals surface area (Å²) in [5, 5.41) is 12.5. The summed E-state index contributed by atoms with van der Waals surface area (Å²) in [7, 11) is 0. The molecule has 0 saturated carbocycles. The Morgan fingerprint density at radius 3 is 2.17 bits per heavy atom. The number of ether oxygens (including phenoxy) is 1. The van der Waals surface area contributed by atoms with Gasteiger partial charge in [0.2, 0.25) is 5.91 Å². The van der Waals surface area contributed by atoms with Gasteiger partial charge in [-0.2, -0.15) is 0 Å². The Labute approximate surface area is 142 Å². The van der Waals surface area contributed by atoms with E-state index in [4.69, 9.17) is 4.74 Å². The van der Waals surface area contributed by atoms with E-state index in [9.17, 15) is 9.90 Å². The zero-order valence-corrected chi connectivity index (χ0v) is 14.0. The van der Waals surface area contributed by atoms with Crippen LogP contribution in [0.5, 0.6) is 11.5 Å². The van der Waals surface area contributed by atoms with Crippen molar-refractivity contribution in [2.75, 3.05) is 6.54 Å². The molecule has 0 bridgehead atoms. The Morgan fingerprint density at radius 1 is 1.08 bits per heavy atom. The van der Waals surface area contributed by atoms with Crippen LogP contribution in [-0.4, -0.2) is 23.7 Å². The standard InChI is InChI=1S/C20H23NO3/c1-13(11-14(2)22)12-21-20(23)19-15-7-3-5-9-17(15)24-18-10-6-4-8-16(18)19/h3-10,13-14,19,22H,11-12H2,1-2H3,(H,21,23). The molecule has 0 fully saturated rings. The number of benzene rings is 2. The molecular formula is C20H23NO3. The van der Waals surface area contributed by atoms with Crippen molar-refractivity contribution in [1.82, 2.24) is 5.32 Å². The van der Waals surface area contributed by atoms with Crippen LogP contribution in [0.25, 0.3) is 0 Å². The molecule has 2 aromatic rings. The summed E-state index contributed by atoms with van der Waals surface area (Å²) >= 11 is 0. The number of para-hydroxylation sites is 2. The highest BCUT2D eigenvalue weighted by molar-refractivity contribution is 5.89. The maximum Gasteiger partial charge on any atom is 0.232 e. The summed E-state index contributed by atoms with van der Waals surface area (Å²) in [6.45, 7) is 4.34. The third-order valence-corrected chi connectivity index (χ3v) is 4.31. The number of nitrogens with one attached hydrogen (secondary N) is 1. The van der Waals surface area contributed by atoms with Crippen molar-refractivity contribution in [3.63, 3.8) is 0 Å². The van der Waals surface area contributed by atoms with Gasteiger partial charge in [0, 0.05) is 17.7 Å². The van der Waals surface area contributed by atoms with Crippen LogP contribution in [0.2, 0.25) is 0 Å². The fourth-order valence-corrected chi connectivity index (χ4v) is 3.23. The number of fused-ring (bicyclic) bond motifs is 2. The van der Waals surface area contributed by atoms with E-state index >= 15 is 0 Å². The highest BCUT2D eigenvalue weighted by atomic mass is 16.5. The van der Waals surface area contributed by atoms with Crippen LogP contribution in [0.4, 0.5) is 0 Å². The van der Waals surface area contributed by atoms with E-state index in [1.54, 1.807) is 6.92 Å². The first kappa shape index (κ1) is 16.5. The summed E-state index contributed by atoms with van der Waals surface area (Å²) < 4.78 is 5.92. The van der Waals surface area contributed by atoms with Gasteiger partial charge in [-0.1, -0.05) is 43.3 Å². The molecule has 2 atom stereocenters. The quantitative estimate of drug-likeness (QED) is 0.885. The van der Waals surface area contributed by atoms with Crippen LogP contribution in [0.3, 0.4) is 0 Å². The van der Waals surface area contributed by atoms with Crippen molar-refractivity contribution in [3.05, 3.63) is 59.7 Å². The van der Waals surface area contributed by atoms with Crippen LogP contribution in [0.1, 0.15) is 37.3 Å². The second kappa shape index (κ2) is 7.05. The maximum absolute atomic E-state index is 12.9. The monoisotopic (exact) mass is 325 g/mol. The number of amides is 1. The van der Waals surface area contributed by atoms with Gasteiger partial charge in [0.05, 0.1) is 12.0 Å². The third-order valence-electron chi connectivity index (χ3n) is 4.31. The predicted molar refractivity (Wildman–Crippen MR) is 93.3 cm³/mol. The van der Waals surface area contributed by atoms with Gasteiger partial charge in [0.15, 0.2) is 0 Å². The summed E-state index contributed by atoms with van der Waals surface area (Å²) in [6, 6.07) is 15.3. The lowest BCUT2D eigenvalue weighted by Gasteiger charge is -2.28. The Balaban J connectivity index is 1.83. The van der Waals surface area contributed by atoms with Gasteiger partial charge in [0.25, 0.3) is 0 Å². The van der Waals surface area contributed by atoms with Crippen LogP contribution < -0.4 is 10.1 Å². The van der Waals surface area contributed by atoms with Gasteiger partial charge >= 0.3 is 0 Å². The molecule has 24 heavy (non-hydrogen) atoms. The molecule has 126 valence electrons. The van der Waals surface area contributed by atoms with Crippen molar-refractivity contribution < 1.29 is 14.6 Å². The minimum absolute atomic E-state index is 0.0318. The molecule has 3 rings (SSSR count). The van der Waals surface area contributed by atoms with E-state index in [0.29, 0.717) is 13.0 Å². The molecule has 2 N–H and O–H groups in total. The van der Waals surface area contributed by atoms with E-state index in [1.807, 2.05) is 55.5 Å². The van der Waals surface area contributed by atoms with E-state index in [-0.39, 0.29) is 23.8 Å². The van der Waals surface area contributed by atoms with E-state index < -0.39 is 0 Å². The normalized spacial score (nSPS) is 15.6. The van der Waals surface area contributed by atoms with Crippen molar-refractivity contribution in [2.45, 2.75) is 32.3 Å². The lowest BCUT2D eigenvalue weighted by atomic mass is 9.87. The first-order valence-electron chi connectivity index (χ1n) is 8.37. The van der Waals surface area contributed by atoms with Gasteiger partial charge in [-0.15, -0.1) is 0 Å². The molecule has 0 saturated heterocycles. The minimum Gasteiger partial charge on any atom is -0.457 e. The second-order valence-corrected chi connectivity index (χ2v) is 6.55. The Kier molecular flexibility index (Phi) is 4.86. The average Bonchev–Trinajstić information content (AvgIpc) is 2.57. The zero-order valence-electron chi connectivity index (χ0n) is 14.0. The molecule has 1 heterocycles. The number of hydrogen-bond acceptors (Lipinski definition) is 3. The van der Waals surface area contributed by atoms with Crippen molar-refractivity contribution in [3.8, 4) is 11.5 Å². The summed E-state index contributed by atoms with van der Waals surface area (Å²) in [6.07, 6.45) is 0.308. The lowest BCUT2D eigenvalue weighted by molar-refractivity contribution is -0.122. The number of aliphatic hydroxyl groups is 1. The van der Waals surface area contributed by atoms with E-state index in [1.165, 1.54) is 0 Å². The van der Waals surface area contributed by atoms with Crippen LogP contribution in [0, 0.1) is 5.92 Å². The summed E-state index contributed by atoms with van der Waals surface area (Å²) in [5.74, 6) is 1.28. The second-order valence-electron chi connectivity index (χ2n) is 6.55. The number of carbonyl (C=O) groups excluding carboxylic acids is 1. The molecule has 2 aromatic carbocycles. The summed E-state index contributed by atoms with van der Waals surface area (Å²) in [5.41, 5.74) is 1.77. The van der Waals surface area contributed by atoms with Gasteiger partial charge < -0.3 is 15.2 Å². The van der Waals surface area contributed by atoms with Crippen molar-refractivity contribution in [2.24, 2.45) is 5.92 Å². The van der Waals surface area contributed by atoms with Crippen molar-refractivity contribution >= 4 is 5.91 Å². The van der Waals surface area contributed by atoms with Gasteiger partial charge in [0.1, 0.15) is 11.5 Å². The van der Waals surface area contributed by atoms with Gasteiger partial charge in [-0.25, -0.2) is 0 Å². The molecule has 2 unspecified atom stereocenters. The SMILES string of the molecule is CC(O)CC(C)CNC(=O)C1c2ccccc2Oc2ccccc21. The van der Waals surface area contributed by atoms with Crippen LogP contribution in [0.15, 0.2) is 48.5 Å². The minimum atomic E-state index is -0.370. The predicted octanol–water partition coefficient (Wildman–Crippen LogP) is 3.45. The smallest absolute Gasteiger partial charge is 0.232 e. The first-order valence-corrected chi connectivity index (χ1v) is 8.37. The number of carbonyl (C=O) groups is 1. The summed E-state index contributed by atoms with van der Waals surface area (Å²) in [4.78, 5) is 12.9. The fourth-order valence-electron chi connectivity index (χ4n) is 3.23. The lowest BCUT2D eigenvalue weighted by Crippen LogP contribution is -2.35. The third kappa shape index (κ3) is 3.44. The van der Waals surface area contributed by atoms with Crippen LogP contribution >= 0.6 is 0 Å². The Morgan fingerprint density at radius 2 is 1.62 bits per heavy atom.